The van der Waals surface area contributed by atoms with Crippen LogP contribution in [0.1, 0.15) is 26.3 Å². The van der Waals surface area contributed by atoms with Crippen molar-refractivity contribution in [2.75, 3.05) is 6.54 Å². The van der Waals surface area contributed by atoms with Gasteiger partial charge in [-0.15, -0.1) is 13.2 Å². The molecule has 2 N–H and O–H groups in total. The van der Waals surface area contributed by atoms with Crippen LogP contribution in [0.3, 0.4) is 0 Å². The zero-order valence-electron chi connectivity index (χ0n) is 12.9. The molecule has 8 heteroatoms. The molecule has 0 heterocycles. The van der Waals surface area contributed by atoms with Crippen LogP contribution >= 0.6 is 0 Å². The maximum Gasteiger partial charge on any atom is 0.573 e. The second-order valence-electron chi connectivity index (χ2n) is 5.55. The summed E-state index contributed by atoms with van der Waals surface area (Å²) in [7, 11) is 0. The fraction of sp³-hybridized carbons (Fsp3) is 0.400. The van der Waals surface area contributed by atoms with Crippen molar-refractivity contribution in [1.82, 2.24) is 5.32 Å². The lowest BCUT2D eigenvalue weighted by Crippen LogP contribution is -2.32. The molecule has 5 nitrogen and oxygen atoms in total. The summed E-state index contributed by atoms with van der Waals surface area (Å²) < 4.78 is 45.2. The van der Waals surface area contributed by atoms with E-state index >= 15 is 0 Å². The molecule has 0 bridgehead atoms. The van der Waals surface area contributed by atoms with Crippen molar-refractivity contribution in [2.24, 2.45) is 0 Å². The minimum Gasteiger partial charge on any atom is -0.507 e. The third-order valence-corrected chi connectivity index (χ3v) is 2.29. The first kappa shape index (κ1) is 18.7. The Kier molecular flexibility index (Phi) is 5.89. The topological polar surface area (TPSA) is 67.8 Å². The van der Waals surface area contributed by atoms with E-state index in [0.29, 0.717) is 0 Å². The van der Waals surface area contributed by atoms with E-state index < -0.39 is 23.8 Å². The van der Waals surface area contributed by atoms with Crippen LogP contribution in [0.15, 0.2) is 24.3 Å². The molecule has 0 aliphatic heterocycles. The van der Waals surface area contributed by atoms with E-state index in [1.54, 1.807) is 20.8 Å². The van der Waals surface area contributed by atoms with Crippen LogP contribution in [0.25, 0.3) is 6.08 Å². The molecule has 1 aromatic carbocycles. The van der Waals surface area contributed by atoms with Crippen LogP contribution in [0.5, 0.6) is 11.5 Å². The van der Waals surface area contributed by atoms with Gasteiger partial charge in [-0.2, -0.15) is 0 Å². The summed E-state index contributed by atoms with van der Waals surface area (Å²) in [4.78, 5) is 11.4. The number of ether oxygens (including phenoxy) is 2. The highest BCUT2D eigenvalue weighted by molar-refractivity contribution is 5.68. The third kappa shape index (κ3) is 7.98. The number of nitrogens with one attached hydrogen (secondary N) is 1. The highest BCUT2D eigenvalue weighted by atomic mass is 19.4. The van der Waals surface area contributed by atoms with Crippen molar-refractivity contribution < 1.29 is 32.5 Å². The molecule has 1 rings (SSSR count). The SMILES string of the molecule is CC(C)(C)OC(=O)NCC=Cc1cc(OC(F)(F)F)ccc1O. The molecule has 0 fully saturated rings. The molecule has 1 amide bonds. The summed E-state index contributed by atoms with van der Waals surface area (Å²) in [6.45, 7) is 5.23. The Morgan fingerprint density at radius 2 is 1.96 bits per heavy atom. The summed E-state index contributed by atoms with van der Waals surface area (Å²) in [5.74, 6) is -0.664. The van der Waals surface area contributed by atoms with Gasteiger partial charge in [0.2, 0.25) is 0 Å². The predicted octanol–water partition coefficient (Wildman–Crippen LogP) is 3.83. The first-order chi connectivity index (χ1) is 10.5. The fourth-order valence-corrected chi connectivity index (χ4v) is 1.51. The monoisotopic (exact) mass is 333 g/mol. The molecule has 128 valence electrons. The predicted molar refractivity (Wildman–Crippen MR) is 78.1 cm³/mol. The Labute approximate surface area is 131 Å². The molecule has 0 aliphatic carbocycles. The molecule has 0 aliphatic rings. The van der Waals surface area contributed by atoms with E-state index in [2.05, 4.69) is 10.1 Å². The first-order valence-electron chi connectivity index (χ1n) is 6.68. The van der Waals surface area contributed by atoms with E-state index in [-0.39, 0.29) is 17.9 Å². The van der Waals surface area contributed by atoms with E-state index in [4.69, 9.17) is 4.74 Å². The van der Waals surface area contributed by atoms with Crippen LogP contribution < -0.4 is 10.1 Å². The summed E-state index contributed by atoms with van der Waals surface area (Å²) in [5.41, 5.74) is -0.507. The highest BCUT2D eigenvalue weighted by Crippen LogP contribution is 2.28. The van der Waals surface area contributed by atoms with Gasteiger partial charge in [0.25, 0.3) is 0 Å². The van der Waals surface area contributed by atoms with Crippen molar-refractivity contribution in [3.8, 4) is 11.5 Å². The number of rotatable bonds is 4. The molecular formula is C15H18F3NO4. The van der Waals surface area contributed by atoms with E-state index in [1.165, 1.54) is 12.2 Å². The zero-order chi connectivity index (χ0) is 17.7. The van der Waals surface area contributed by atoms with Crippen LogP contribution in [0.4, 0.5) is 18.0 Å². The van der Waals surface area contributed by atoms with Crippen molar-refractivity contribution in [3.05, 3.63) is 29.8 Å². The lowest BCUT2D eigenvalue weighted by molar-refractivity contribution is -0.274. The van der Waals surface area contributed by atoms with Crippen molar-refractivity contribution >= 4 is 12.2 Å². The molecule has 0 spiro atoms. The summed E-state index contributed by atoms with van der Waals surface area (Å²) in [5, 5.41) is 12.0. The smallest absolute Gasteiger partial charge is 0.507 e. The largest absolute Gasteiger partial charge is 0.573 e. The molecule has 0 saturated heterocycles. The van der Waals surface area contributed by atoms with Gasteiger partial charge in [0.15, 0.2) is 0 Å². The van der Waals surface area contributed by atoms with Gasteiger partial charge in [-0.3, -0.25) is 0 Å². The Morgan fingerprint density at radius 3 is 2.52 bits per heavy atom. The lowest BCUT2D eigenvalue weighted by atomic mass is 10.1. The van der Waals surface area contributed by atoms with Gasteiger partial charge >= 0.3 is 12.5 Å². The molecule has 0 unspecified atom stereocenters. The molecule has 0 saturated carbocycles. The Bertz CT molecular complexity index is 577. The summed E-state index contributed by atoms with van der Waals surface area (Å²) in [6.07, 6.45) is -2.62. The van der Waals surface area contributed by atoms with E-state index in [1.807, 2.05) is 0 Å². The number of benzene rings is 1. The van der Waals surface area contributed by atoms with Gasteiger partial charge in [-0.05, 0) is 39.0 Å². The van der Waals surface area contributed by atoms with Gasteiger partial charge in [0, 0.05) is 12.1 Å². The minimum atomic E-state index is -4.81. The third-order valence-electron chi connectivity index (χ3n) is 2.29. The summed E-state index contributed by atoms with van der Waals surface area (Å²) >= 11 is 0. The van der Waals surface area contributed by atoms with Crippen molar-refractivity contribution in [1.29, 1.82) is 0 Å². The van der Waals surface area contributed by atoms with Crippen LogP contribution in [0, 0.1) is 0 Å². The van der Waals surface area contributed by atoms with Gasteiger partial charge in [0.05, 0.1) is 0 Å². The van der Waals surface area contributed by atoms with Gasteiger partial charge in [-0.1, -0.05) is 12.2 Å². The number of phenols is 1. The Morgan fingerprint density at radius 1 is 1.30 bits per heavy atom. The minimum absolute atomic E-state index is 0.0821. The van der Waals surface area contributed by atoms with Crippen LogP contribution in [-0.2, 0) is 4.74 Å². The number of amides is 1. The quantitative estimate of drug-likeness (QED) is 0.879. The maximum absolute atomic E-state index is 12.1. The fourth-order valence-electron chi connectivity index (χ4n) is 1.51. The first-order valence-corrected chi connectivity index (χ1v) is 6.68. The van der Waals surface area contributed by atoms with Crippen LogP contribution in [0.2, 0.25) is 0 Å². The molecule has 0 atom stereocenters. The lowest BCUT2D eigenvalue weighted by Gasteiger charge is -2.19. The molecule has 1 aromatic rings. The standard InChI is InChI=1S/C15H18F3NO4/c1-14(2,3)23-13(21)19-8-4-5-10-9-11(6-7-12(10)20)22-15(16,17)18/h4-7,9,20H,8H2,1-3H3,(H,19,21). The normalized spacial score (nSPS) is 12.3. The van der Waals surface area contributed by atoms with Crippen molar-refractivity contribution in [3.63, 3.8) is 0 Å². The van der Waals surface area contributed by atoms with Gasteiger partial charge in [-0.25, -0.2) is 4.79 Å². The van der Waals surface area contributed by atoms with Gasteiger partial charge < -0.3 is 19.9 Å². The number of hydrogen-bond acceptors (Lipinski definition) is 4. The second kappa shape index (κ2) is 7.26. The molecule has 23 heavy (non-hydrogen) atoms. The number of carbonyl (C=O) groups is 1. The number of hydrogen-bond donors (Lipinski definition) is 2. The zero-order valence-corrected chi connectivity index (χ0v) is 12.9. The van der Waals surface area contributed by atoms with Gasteiger partial charge in [0.1, 0.15) is 17.1 Å². The molecule has 0 radical (unpaired) electrons. The average molecular weight is 333 g/mol. The number of alkyl carbamates (subject to hydrolysis) is 1. The summed E-state index contributed by atoms with van der Waals surface area (Å²) in [6, 6.07) is 3.12. The van der Waals surface area contributed by atoms with Crippen LogP contribution in [-0.4, -0.2) is 29.7 Å². The maximum atomic E-state index is 12.1. The number of halogens is 3. The number of aromatic hydroxyl groups is 1. The highest BCUT2D eigenvalue weighted by Gasteiger charge is 2.31. The number of phenolic OH excluding ortho intramolecular Hbond substituents is 1. The second-order valence-corrected chi connectivity index (χ2v) is 5.55. The average Bonchev–Trinajstić information content (AvgIpc) is 2.34. The molecule has 0 aromatic heterocycles. The number of alkyl halides is 3. The van der Waals surface area contributed by atoms with E-state index in [0.717, 1.165) is 18.2 Å². The Hall–Kier alpha value is -2.38. The number of carbonyl (C=O) groups excluding carboxylic acids is 1. The van der Waals surface area contributed by atoms with E-state index in [9.17, 15) is 23.1 Å². The Balaban J connectivity index is 2.62. The molecular weight excluding hydrogens is 315 g/mol. The van der Waals surface area contributed by atoms with Crippen molar-refractivity contribution in [2.45, 2.75) is 32.7 Å².